The van der Waals surface area contributed by atoms with Gasteiger partial charge in [0.05, 0.1) is 0 Å². The Bertz CT molecular complexity index is 774. The predicted octanol–water partition coefficient (Wildman–Crippen LogP) is 7.41. The highest BCUT2D eigenvalue weighted by atomic mass is 15.1. The van der Waals surface area contributed by atoms with Crippen molar-refractivity contribution in [3.63, 3.8) is 0 Å². The standard InChI is InChI=1S/C21H24N6/c1-15-10-18(12-16-2-6-20(7-3-16)24-26-22)14-19(11-15)13-17-4-8-21(9-5-17)25-27-23/h2-9,15,18-19H,10-14H2,1H3. The molecule has 2 aromatic carbocycles. The lowest BCUT2D eigenvalue weighted by molar-refractivity contribution is 0.204. The summed E-state index contributed by atoms with van der Waals surface area (Å²) in [7, 11) is 0. The van der Waals surface area contributed by atoms with E-state index in [1.165, 1.54) is 30.4 Å². The third-order valence-electron chi connectivity index (χ3n) is 5.38. The average Bonchev–Trinajstić information content (AvgIpc) is 2.65. The highest BCUT2D eigenvalue weighted by Crippen LogP contribution is 2.37. The molecule has 1 aliphatic carbocycles. The fraction of sp³-hybridized carbons (Fsp3) is 0.429. The number of nitrogens with zero attached hydrogens (tertiary/aromatic N) is 6. The van der Waals surface area contributed by atoms with Crippen LogP contribution >= 0.6 is 0 Å². The van der Waals surface area contributed by atoms with Gasteiger partial charge in [0.2, 0.25) is 0 Å². The van der Waals surface area contributed by atoms with E-state index in [0.717, 1.165) is 18.8 Å². The normalized spacial score (nSPS) is 21.7. The minimum absolute atomic E-state index is 0.667. The second kappa shape index (κ2) is 9.13. The Kier molecular flexibility index (Phi) is 6.37. The van der Waals surface area contributed by atoms with E-state index in [9.17, 15) is 0 Å². The topological polar surface area (TPSA) is 97.5 Å². The molecule has 0 spiro atoms. The molecule has 0 aliphatic heterocycles. The number of hydrogen-bond donors (Lipinski definition) is 0. The molecule has 27 heavy (non-hydrogen) atoms. The maximum absolute atomic E-state index is 8.51. The summed E-state index contributed by atoms with van der Waals surface area (Å²) in [4.78, 5) is 5.66. The van der Waals surface area contributed by atoms with Crippen molar-refractivity contribution in [2.45, 2.75) is 39.0 Å². The Hall–Kier alpha value is -2.94. The van der Waals surface area contributed by atoms with Crippen LogP contribution in [0.15, 0.2) is 58.8 Å². The molecule has 0 heterocycles. The Morgan fingerprint density at radius 2 is 1.15 bits per heavy atom. The summed E-state index contributed by atoms with van der Waals surface area (Å²) in [5, 5.41) is 7.27. The van der Waals surface area contributed by atoms with Gasteiger partial charge in [-0.15, -0.1) is 0 Å². The van der Waals surface area contributed by atoms with Crippen LogP contribution in [0.1, 0.15) is 37.3 Å². The molecule has 1 fully saturated rings. The lowest BCUT2D eigenvalue weighted by Crippen LogP contribution is -2.24. The van der Waals surface area contributed by atoms with Crippen LogP contribution in [0.25, 0.3) is 20.9 Å². The Labute approximate surface area is 159 Å². The first-order valence-corrected chi connectivity index (χ1v) is 9.44. The van der Waals surface area contributed by atoms with Crippen molar-refractivity contribution in [3.05, 3.63) is 80.5 Å². The van der Waals surface area contributed by atoms with Gasteiger partial charge in [-0.1, -0.05) is 65.7 Å². The molecular formula is C21H24N6. The van der Waals surface area contributed by atoms with Crippen molar-refractivity contribution in [1.82, 2.24) is 0 Å². The van der Waals surface area contributed by atoms with E-state index in [1.807, 2.05) is 24.3 Å². The minimum Gasteiger partial charge on any atom is -0.0625 e. The maximum atomic E-state index is 8.51. The SMILES string of the molecule is CC1CC(Cc2ccc(N=[N+]=[N-])cc2)CC(Cc2ccc(N=[N+]=[N-])cc2)C1. The van der Waals surface area contributed by atoms with E-state index in [2.05, 4.69) is 51.2 Å². The summed E-state index contributed by atoms with van der Waals surface area (Å²) in [5.74, 6) is 2.11. The molecule has 6 nitrogen and oxygen atoms in total. The molecule has 3 rings (SSSR count). The smallest absolute Gasteiger partial charge is 0.0375 e. The Balaban J connectivity index is 1.61. The molecular weight excluding hydrogens is 336 g/mol. The number of hydrogen-bond acceptors (Lipinski definition) is 2. The summed E-state index contributed by atoms with van der Waals surface area (Å²) in [6.07, 6.45) is 5.93. The van der Waals surface area contributed by atoms with Gasteiger partial charge < -0.3 is 0 Å². The molecule has 0 bridgehead atoms. The van der Waals surface area contributed by atoms with Gasteiger partial charge in [0.25, 0.3) is 0 Å². The Morgan fingerprint density at radius 1 is 0.741 bits per heavy atom. The predicted molar refractivity (Wildman–Crippen MR) is 108 cm³/mol. The molecule has 2 atom stereocenters. The molecule has 0 radical (unpaired) electrons. The lowest BCUT2D eigenvalue weighted by atomic mass is 9.72. The van der Waals surface area contributed by atoms with Crippen LogP contribution in [0.4, 0.5) is 11.4 Å². The van der Waals surface area contributed by atoms with Gasteiger partial charge in [-0.2, -0.15) is 0 Å². The third-order valence-corrected chi connectivity index (χ3v) is 5.38. The van der Waals surface area contributed by atoms with Crippen LogP contribution in [-0.2, 0) is 12.8 Å². The van der Waals surface area contributed by atoms with Gasteiger partial charge >= 0.3 is 0 Å². The lowest BCUT2D eigenvalue weighted by Gasteiger charge is -2.33. The van der Waals surface area contributed by atoms with Crippen LogP contribution in [0.3, 0.4) is 0 Å². The Morgan fingerprint density at radius 3 is 1.52 bits per heavy atom. The summed E-state index contributed by atoms with van der Waals surface area (Å²) < 4.78 is 0. The average molecular weight is 360 g/mol. The first kappa shape index (κ1) is 18.8. The highest BCUT2D eigenvalue weighted by Gasteiger charge is 2.26. The van der Waals surface area contributed by atoms with Crippen LogP contribution < -0.4 is 0 Å². The quantitative estimate of drug-likeness (QED) is 0.291. The van der Waals surface area contributed by atoms with Gasteiger partial charge in [0.1, 0.15) is 0 Å². The molecule has 6 heteroatoms. The van der Waals surface area contributed by atoms with Gasteiger partial charge in [0.15, 0.2) is 0 Å². The molecule has 138 valence electrons. The first-order chi connectivity index (χ1) is 13.2. The molecule has 0 amide bonds. The molecule has 1 saturated carbocycles. The molecule has 0 N–H and O–H groups in total. The molecule has 0 aromatic heterocycles. The van der Waals surface area contributed by atoms with E-state index in [-0.39, 0.29) is 0 Å². The van der Waals surface area contributed by atoms with Crippen LogP contribution in [-0.4, -0.2) is 0 Å². The van der Waals surface area contributed by atoms with Crippen molar-refractivity contribution >= 4 is 11.4 Å². The van der Waals surface area contributed by atoms with Gasteiger partial charge in [-0.25, -0.2) is 0 Å². The van der Waals surface area contributed by atoms with Crippen LogP contribution in [0.5, 0.6) is 0 Å². The highest BCUT2D eigenvalue weighted by molar-refractivity contribution is 5.39. The van der Waals surface area contributed by atoms with E-state index in [0.29, 0.717) is 23.2 Å². The molecule has 2 aromatic rings. The van der Waals surface area contributed by atoms with Crippen molar-refractivity contribution in [2.75, 3.05) is 0 Å². The van der Waals surface area contributed by atoms with Crippen molar-refractivity contribution in [2.24, 2.45) is 28.0 Å². The fourth-order valence-corrected chi connectivity index (χ4v) is 4.40. The summed E-state index contributed by atoms with van der Waals surface area (Å²) >= 11 is 0. The first-order valence-electron chi connectivity index (χ1n) is 9.44. The number of benzene rings is 2. The fourth-order valence-electron chi connectivity index (χ4n) is 4.40. The summed E-state index contributed by atoms with van der Waals surface area (Å²) in [6, 6.07) is 15.9. The summed E-state index contributed by atoms with van der Waals surface area (Å²) in [6.45, 7) is 2.36. The maximum Gasteiger partial charge on any atom is 0.0375 e. The summed E-state index contributed by atoms with van der Waals surface area (Å²) in [5.41, 5.74) is 21.0. The van der Waals surface area contributed by atoms with Crippen molar-refractivity contribution < 1.29 is 0 Å². The largest absolute Gasteiger partial charge is 0.0625 e. The van der Waals surface area contributed by atoms with Crippen LogP contribution in [0.2, 0.25) is 0 Å². The van der Waals surface area contributed by atoms with Gasteiger partial charge in [-0.05, 0) is 72.0 Å². The monoisotopic (exact) mass is 360 g/mol. The zero-order chi connectivity index (χ0) is 19.1. The van der Waals surface area contributed by atoms with E-state index < -0.39 is 0 Å². The zero-order valence-electron chi connectivity index (χ0n) is 15.6. The second-order valence-electron chi connectivity index (χ2n) is 7.66. The number of rotatable bonds is 6. The van der Waals surface area contributed by atoms with E-state index in [4.69, 9.17) is 11.1 Å². The van der Waals surface area contributed by atoms with Gasteiger partial charge in [-0.3, -0.25) is 0 Å². The van der Waals surface area contributed by atoms with E-state index in [1.54, 1.807) is 0 Å². The molecule has 1 aliphatic rings. The van der Waals surface area contributed by atoms with Gasteiger partial charge in [0, 0.05) is 21.2 Å². The second-order valence-corrected chi connectivity index (χ2v) is 7.66. The van der Waals surface area contributed by atoms with Crippen LogP contribution in [0, 0.1) is 17.8 Å². The third kappa shape index (κ3) is 5.52. The molecule has 2 unspecified atom stereocenters. The number of azide groups is 2. The zero-order valence-corrected chi connectivity index (χ0v) is 15.6. The van der Waals surface area contributed by atoms with Crippen molar-refractivity contribution in [3.8, 4) is 0 Å². The minimum atomic E-state index is 0.667. The van der Waals surface area contributed by atoms with E-state index >= 15 is 0 Å². The van der Waals surface area contributed by atoms with Crippen molar-refractivity contribution in [1.29, 1.82) is 0 Å². The molecule has 0 saturated heterocycles.